The van der Waals surface area contributed by atoms with Gasteiger partial charge in [-0.05, 0) is 55.3 Å². The molecule has 5 saturated carbocycles. The van der Waals surface area contributed by atoms with Crippen molar-refractivity contribution in [3.05, 3.63) is 17.5 Å². The van der Waals surface area contributed by atoms with Gasteiger partial charge in [-0.2, -0.15) is 0 Å². The summed E-state index contributed by atoms with van der Waals surface area (Å²) in [4.78, 5) is 37.6. The molecule has 1 heterocycles. The topological polar surface area (TPSA) is 95.7 Å². The summed E-state index contributed by atoms with van der Waals surface area (Å²) >= 11 is 0. The minimum absolute atomic E-state index is 0.0619. The number of carbonyl (C=O) groups excluding carboxylic acids is 3. The molecule has 5 aliphatic carbocycles. The highest BCUT2D eigenvalue weighted by atomic mass is 16.6. The zero-order valence-electron chi connectivity index (χ0n) is 15.2. The van der Waals surface area contributed by atoms with E-state index in [0.717, 1.165) is 5.92 Å². The first kappa shape index (κ1) is 15.8. The second-order valence-corrected chi connectivity index (χ2v) is 8.85. The summed E-state index contributed by atoms with van der Waals surface area (Å²) in [5.74, 6) is 2.07. The molecule has 1 aromatic heterocycles. The Morgan fingerprint density at radius 2 is 1.89 bits per heavy atom. The van der Waals surface area contributed by atoms with Gasteiger partial charge in [0.2, 0.25) is 11.5 Å². The van der Waals surface area contributed by atoms with E-state index in [1.807, 2.05) is 0 Å². The smallest absolute Gasteiger partial charge is 0.377 e. The third-order valence-corrected chi connectivity index (χ3v) is 8.24. The van der Waals surface area contributed by atoms with E-state index < -0.39 is 17.5 Å². The summed E-state index contributed by atoms with van der Waals surface area (Å²) in [6.07, 6.45) is 2.34. The van der Waals surface area contributed by atoms with Crippen LogP contribution in [0.5, 0.6) is 0 Å². The molecule has 0 saturated heterocycles. The summed E-state index contributed by atoms with van der Waals surface area (Å²) in [7, 11) is 0. The summed E-state index contributed by atoms with van der Waals surface area (Å²) < 4.78 is 15.9. The van der Waals surface area contributed by atoms with Crippen molar-refractivity contribution in [2.45, 2.75) is 32.3 Å². The van der Waals surface area contributed by atoms with E-state index in [-0.39, 0.29) is 35.7 Å². The zero-order chi connectivity index (χ0) is 18.7. The van der Waals surface area contributed by atoms with Gasteiger partial charge in [0.25, 0.3) is 0 Å². The predicted molar refractivity (Wildman–Crippen MR) is 88.4 cm³/mol. The number of carbonyl (C=O) groups is 3. The maximum Gasteiger partial charge on any atom is 0.377 e. The zero-order valence-corrected chi connectivity index (χ0v) is 15.2. The van der Waals surface area contributed by atoms with E-state index in [1.165, 1.54) is 25.8 Å². The molecule has 5 fully saturated rings. The number of ketones is 1. The van der Waals surface area contributed by atoms with E-state index in [4.69, 9.17) is 14.0 Å². The van der Waals surface area contributed by atoms with E-state index in [2.05, 4.69) is 5.16 Å². The molecule has 0 aromatic carbocycles. The van der Waals surface area contributed by atoms with Crippen LogP contribution in [0.15, 0.2) is 10.6 Å². The Kier molecular flexibility index (Phi) is 2.82. The number of ether oxygens (including phenoxy) is 2. The number of nitrogens with zero attached hydrogens (tertiary/aromatic N) is 1. The van der Waals surface area contributed by atoms with Crippen molar-refractivity contribution in [3.8, 4) is 0 Å². The molecule has 9 atom stereocenters. The lowest BCUT2D eigenvalue weighted by atomic mass is 9.55. The lowest BCUT2D eigenvalue weighted by molar-refractivity contribution is -0.174. The first-order chi connectivity index (χ1) is 13.0. The van der Waals surface area contributed by atoms with Crippen molar-refractivity contribution in [3.63, 3.8) is 0 Å². The molecule has 0 amide bonds. The Labute approximate surface area is 155 Å². The lowest BCUT2D eigenvalue weighted by Crippen LogP contribution is -2.60. The van der Waals surface area contributed by atoms with E-state index >= 15 is 0 Å². The number of rotatable bonds is 5. The van der Waals surface area contributed by atoms with E-state index in [1.54, 1.807) is 6.92 Å². The minimum Gasteiger partial charge on any atom is -0.460 e. The second-order valence-electron chi connectivity index (χ2n) is 8.85. The van der Waals surface area contributed by atoms with Crippen molar-refractivity contribution in [2.24, 2.45) is 47.3 Å². The molecular weight excluding hydrogens is 350 g/mol. The largest absolute Gasteiger partial charge is 0.460 e. The fraction of sp³-hybridized carbons (Fsp3) is 0.700. The normalized spacial score (nSPS) is 46.6. The fourth-order valence-electron chi connectivity index (χ4n) is 8.12. The quantitative estimate of drug-likeness (QED) is 0.578. The summed E-state index contributed by atoms with van der Waals surface area (Å²) in [5.41, 5.74) is -1.06. The molecule has 27 heavy (non-hydrogen) atoms. The minimum atomic E-state index is -1.13. The highest BCUT2D eigenvalue weighted by Crippen LogP contribution is 2.86. The number of Topliss-reactive ketones (excluding diaryl/α,β-unsaturated/α-hetero) is 1. The molecule has 0 N–H and O–H groups in total. The highest BCUT2D eigenvalue weighted by Gasteiger charge is 2.87. The van der Waals surface area contributed by atoms with Crippen LogP contribution in [0, 0.1) is 47.3 Å². The van der Waals surface area contributed by atoms with Gasteiger partial charge in [-0.3, -0.25) is 9.59 Å². The molecule has 7 nitrogen and oxygen atoms in total. The Morgan fingerprint density at radius 3 is 2.63 bits per heavy atom. The SMILES string of the molecule is CCOC(=O)c1cc(C(=O)[C@]2(OC(C)=O)C3C4CC5C6C4CC3C6C52)no1. The number of aromatic nitrogens is 1. The van der Waals surface area contributed by atoms with Crippen molar-refractivity contribution in [1.29, 1.82) is 0 Å². The summed E-state index contributed by atoms with van der Waals surface area (Å²) in [6.45, 7) is 3.27. The van der Waals surface area contributed by atoms with Crippen molar-refractivity contribution >= 4 is 17.7 Å². The third-order valence-electron chi connectivity index (χ3n) is 8.24. The molecule has 0 radical (unpaired) electrons. The van der Waals surface area contributed by atoms with Crippen molar-refractivity contribution < 1.29 is 28.4 Å². The number of hydrogen-bond acceptors (Lipinski definition) is 7. The Balaban J connectivity index is 1.42. The van der Waals surface area contributed by atoms with Gasteiger partial charge in [-0.25, -0.2) is 4.79 Å². The van der Waals surface area contributed by atoms with Gasteiger partial charge in [-0.1, -0.05) is 5.16 Å². The molecule has 5 aliphatic rings. The maximum atomic E-state index is 13.7. The molecule has 7 heteroatoms. The van der Waals surface area contributed by atoms with Gasteiger partial charge in [0.05, 0.1) is 6.61 Å². The van der Waals surface area contributed by atoms with E-state index in [0.29, 0.717) is 29.6 Å². The van der Waals surface area contributed by atoms with Crippen molar-refractivity contribution in [2.75, 3.05) is 6.61 Å². The summed E-state index contributed by atoms with van der Waals surface area (Å²) in [6, 6.07) is 1.33. The predicted octanol–water partition coefficient (Wildman–Crippen LogP) is 2.11. The van der Waals surface area contributed by atoms with Crippen LogP contribution < -0.4 is 0 Å². The highest BCUT2D eigenvalue weighted by molar-refractivity contribution is 6.04. The van der Waals surface area contributed by atoms with Crippen LogP contribution in [0.25, 0.3) is 0 Å². The molecule has 142 valence electrons. The molecule has 8 unspecified atom stereocenters. The van der Waals surface area contributed by atoms with Gasteiger partial charge in [0.1, 0.15) is 0 Å². The van der Waals surface area contributed by atoms with Crippen LogP contribution in [-0.4, -0.2) is 35.1 Å². The molecule has 6 rings (SSSR count). The number of fused-ring (bicyclic) bond motifs is 2. The molecule has 1 aromatic rings. The standard InChI is InChI=1S/C20H21NO6/c1-3-25-19(24)13-6-12(21-27-13)18(23)20(26-7(2)22)16-9-5-10-14-8(9)4-11(16)15(14)17(10)20/h6,8-11,14-17H,3-5H2,1-2H3/t8?,9?,10?,11?,14?,15?,16?,17?,20-/m0/s1. The van der Waals surface area contributed by atoms with Gasteiger partial charge in [-0.15, -0.1) is 0 Å². The molecule has 2 bridgehead atoms. The van der Waals surface area contributed by atoms with Crippen LogP contribution in [0.3, 0.4) is 0 Å². The van der Waals surface area contributed by atoms with E-state index in [9.17, 15) is 14.4 Å². The maximum absolute atomic E-state index is 13.7. The van der Waals surface area contributed by atoms with Gasteiger partial charge >= 0.3 is 11.9 Å². The average molecular weight is 371 g/mol. The summed E-state index contributed by atoms with van der Waals surface area (Å²) in [5, 5.41) is 3.84. The monoisotopic (exact) mass is 371 g/mol. The van der Waals surface area contributed by atoms with Crippen molar-refractivity contribution in [1.82, 2.24) is 5.16 Å². The van der Waals surface area contributed by atoms with Crippen LogP contribution in [-0.2, 0) is 14.3 Å². The fourth-order valence-corrected chi connectivity index (χ4v) is 8.12. The third kappa shape index (κ3) is 1.58. The van der Waals surface area contributed by atoms with Crippen LogP contribution in [0.4, 0.5) is 0 Å². The molecular formula is C20H21NO6. The molecule has 0 aliphatic heterocycles. The number of esters is 2. The van der Waals surface area contributed by atoms with Gasteiger partial charge in [0.15, 0.2) is 11.3 Å². The van der Waals surface area contributed by atoms with Crippen LogP contribution in [0.1, 0.15) is 47.7 Å². The van der Waals surface area contributed by atoms with Gasteiger partial charge < -0.3 is 14.0 Å². The first-order valence-corrected chi connectivity index (χ1v) is 9.87. The number of hydrogen-bond donors (Lipinski definition) is 0. The Bertz CT molecular complexity index is 885. The Morgan fingerprint density at radius 1 is 1.15 bits per heavy atom. The Hall–Kier alpha value is -2.18. The second kappa shape index (κ2) is 4.80. The van der Waals surface area contributed by atoms with Crippen LogP contribution in [0.2, 0.25) is 0 Å². The average Bonchev–Trinajstić information content (AvgIpc) is 3.29. The lowest BCUT2D eigenvalue weighted by Gasteiger charge is -2.51. The first-order valence-electron chi connectivity index (χ1n) is 9.87. The molecule has 0 spiro atoms. The van der Waals surface area contributed by atoms with Crippen LogP contribution >= 0.6 is 0 Å². The van der Waals surface area contributed by atoms with Gasteiger partial charge in [0, 0.05) is 24.8 Å².